The molecule has 37 heavy (non-hydrogen) atoms. The van der Waals surface area contributed by atoms with E-state index in [1.165, 1.54) is 0 Å². The molecule has 0 saturated carbocycles. The van der Waals surface area contributed by atoms with Crippen molar-refractivity contribution in [1.29, 1.82) is 0 Å². The Kier molecular flexibility index (Phi) is 8.64. The van der Waals surface area contributed by atoms with Crippen molar-refractivity contribution >= 4 is 35.6 Å². The first-order valence-electron chi connectivity index (χ1n) is 12.7. The van der Waals surface area contributed by atoms with Crippen molar-refractivity contribution in [3.63, 3.8) is 0 Å². The number of hydrogen-bond donors (Lipinski definition) is 1. The van der Waals surface area contributed by atoms with Gasteiger partial charge in [0.2, 0.25) is 5.91 Å². The van der Waals surface area contributed by atoms with Crippen LogP contribution >= 0.6 is 12.4 Å². The average Bonchev–Trinajstić information content (AvgIpc) is 2.91. The summed E-state index contributed by atoms with van der Waals surface area (Å²) in [6.45, 7) is 2.67. The summed E-state index contributed by atoms with van der Waals surface area (Å²) in [6, 6.07) is 22.1. The number of halogens is 1. The second kappa shape index (κ2) is 11.9. The van der Waals surface area contributed by atoms with Gasteiger partial charge in [-0.05, 0) is 72.3 Å². The number of benzene rings is 3. The number of carbonyl (C=O) groups excluding carboxylic acids is 2. The largest absolute Gasteiger partial charge is 0.380 e. The normalized spacial score (nSPS) is 17.6. The van der Waals surface area contributed by atoms with Crippen molar-refractivity contribution < 1.29 is 14.3 Å². The van der Waals surface area contributed by atoms with Crippen molar-refractivity contribution in [2.45, 2.75) is 38.3 Å². The molecule has 194 valence electrons. The van der Waals surface area contributed by atoms with E-state index in [-0.39, 0.29) is 30.3 Å². The highest BCUT2D eigenvalue weighted by molar-refractivity contribution is 6.05. The number of piperidine rings is 1. The topological polar surface area (TPSA) is 61.9 Å². The zero-order chi connectivity index (χ0) is 25.1. The van der Waals surface area contributed by atoms with Gasteiger partial charge in [-0.2, -0.15) is 0 Å². The first-order valence-corrected chi connectivity index (χ1v) is 12.7. The van der Waals surface area contributed by atoms with Gasteiger partial charge in [-0.1, -0.05) is 42.5 Å². The Morgan fingerprint density at radius 1 is 1.05 bits per heavy atom. The molecule has 1 unspecified atom stereocenters. The number of likely N-dealkylation sites (tertiary alicyclic amines) is 1. The summed E-state index contributed by atoms with van der Waals surface area (Å²) >= 11 is 0. The number of fused-ring (bicyclic) bond motifs is 1. The van der Waals surface area contributed by atoms with Gasteiger partial charge in [0, 0.05) is 50.6 Å². The highest BCUT2D eigenvalue weighted by atomic mass is 35.5. The van der Waals surface area contributed by atoms with E-state index in [9.17, 15) is 9.59 Å². The van der Waals surface area contributed by atoms with Crippen LogP contribution in [0.5, 0.6) is 0 Å². The van der Waals surface area contributed by atoms with E-state index in [0.717, 1.165) is 66.8 Å². The molecule has 0 spiro atoms. The number of methoxy groups -OCH3 is 1. The first-order chi connectivity index (χ1) is 17.5. The Balaban J connectivity index is 0.00000320. The van der Waals surface area contributed by atoms with Crippen LogP contribution in [0.1, 0.15) is 40.7 Å². The van der Waals surface area contributed by atoms with Crippen molar-refractivity contribution in [3.05, 3.63) is 83.4 Å². The minimum Gasteiger partial charge on any atom is -0.380 e. The number of ether oxygens (including phenoxy) is 1. The van der Waals surface area contributed by atoms with Crippen LogP contribution in [0.25, 0.3) is 11.1 Å². The van der Waals surface area contributed by atoms with Gasteiger partial charge >= 0.3 is 0 Å². The van der Waals surface area contributed by atoms with Crippen LogP contribution in [0, 0.1) is 0 Å². The van der Waals surface area contributed by atoms with E-state index >= 15 is 0 Å². The quantitative estimate of drug-likeness (QED) is 0.464. The minimum absolute atomic E-state index is 0. The summed E-state index contributed by atoms with van der Waals surface area (Å²) in [5.74, 6) is -0.0606. The number of anilines is 2. The number of nitrogens with one attached hydrogen (secondary N) is 1. The number of aryl methyl sites for hydroxylation is 1. The number of nitrogens with zero attached hydrogens (tertiary/aromatic N) is 2. The van der Waals surface area contributed by atoms with Gasteiger partial charge in [0.25, 0.3) is 5.91 Å². The predicted octanol–water partition coefficient (Wildman–Crippen LogP) is 5.55. The van der Waals surface area contributed by atoms with E-state index in [1.807, 2.05) is 48.5 Å². The Bertz CT molecular complexity index is 1260. The van der Waals surface area contributed by atoms with Crippen molar-refractivity contribution in [2.75, 3.05) is 37.5 Å². The Labute approximate surface area is 225 Å². The first kappa shape index (κ1) is 26.9. The highest BCUT2D eigenvalue weighted by Gasteiger charge is 2.23. The average molecular weight is 520 g/mol. The SMILES string of the molecule is COC1CCCN(Cc2cc(C(=O)Nc3ccc4c(c3)N(C)C(=O)CC4)ccc2-c2ccccc2)C1.Cl. The van der Waals surface area contributed by atoms with Gasteiger partial charge in [-0.15, -0.1) is 12.4 Å². The van der Waals surface area contributed by atoms with Crippen LogP contribution in [0.15, 0.2) is 66.7 Å². The molecular weight excluding hydrogens is 486 g/mol. The summed E-state index contributed by atoms with van der Waals surface area (Å²) in [5, 5.41) is 3.04. The molecule has 2 aliphatic rings. The van der Waals surface area contributed by atoms with Crippen molar-refractivity contribution in [1.82, 2.24) is 4.90 Å². The second-order valence-electron chi connectivity index (χ2n) is 9.72. The summed E-state index contributed by atoms with van der Waals surface area (Å²) in [7, 11) is 3.57. The Hall–Kier alpha value is -3.19. The van der Waals surface area contributed by atoms with E-state index in [2.05, 4.69) is 28.4 Å². The van der Waals surface area contributed by atoms with Gasteiger partial charge in [-0.25, -0.2) is 0 Å². The number of amides is 2. The van der Waals surface area contributed by atoms with Crippen molar-refractivity contribution in [3.8, 4) is 11.1 Å². The number of rotatable bonds is 6. The molecule has 1 fully saturated rings. The van der Waals surface area contributed by atoms with Crippen LogP contribution in [-0.2, 0) is 22.5 Å². The molecule has 0 bridgehead atoms. The molecule has 2 aliphatic heterocycles. The lowest BCUT2D eigenvalue weighted by atomic mass is 9.96. The summed E-state index contributed by atoms with van der Waals surface area (Å²) in [5.41, 5.74) is 6.70. The molecule has 7 heteroatoms. The second-order valence-corrected chi connectivity index (χ2v) is 9.72. The predicted molar refractivity (Wildman–Crippen MR) is 151 cm³/mol. The van der Waals surface area contributed by atoms with Crippen LogP contribution < -0.4 is 10.2 Å². The zero-order valence-corrected chi connectivity index (χ0v) is 22.2. The standard InChI is InChI=1S/C30H33N3O3.ClH/c1-32-28-18-25(13-10-22(28)12-15-29(32)34)31-30(35)23-11-14-27(21-7-4-3-5-8-21)24(17-23)19-33-16-6-9-26(20-33)36-2;/h3-5,7-8,10-11,13-14,17-18,26H,6,9,12,15-16,19-20H2,1-2H3,(H,31,35);1H. The molecule has 0 aliphatic carbocycles. The smallest absolute Gasteiger partial charge is 0.255 e. The zero-order valence-electron chi connectivity index (χ0n) is 21.4. The van der Waals surface area contributed by atoms with Gasteiger partial charge in [0.05, 0.1) is 6.10 Å². The monoisotopic (exact) mass is 519 g/mol. The maximum absolute atomic E-state index is 13.3. The molecule has 6 nitrogen and oxygen atoms in total. The van der Waals surface area contributed by atoms with Crippen molar-refractivity contribution in [2.24, 2.45) is 0 Å². The third-order valence-electron chi connectivity index (χ3n) is 7.33. The maximum atomic E-state index is 13.3. The minimum atomic E-state index is -0.158. The lowest BCUT2D eigenvalue weighted by Crippen LogP contribution is -2.38. The lowest BCUT2D eigenvalue weighted by Gasteiger charge is -2.32. The molecule has 0 radical (unpaired) electrons. The Morgan fingerprint density at radius 2 is 1.86 bits per heavy atom. The number of carbonyl (C=O) groups is 2. The van der Waals surface area contributed by atoms with E-state index in [4.69, 9.17) is 4.74 Å². The summed E-state index contributed by atoms with van der Waals surface area (Å²) in [4.78, 5) is 29.5. The van der Waals surface area contributed by atoms with Gasteiger partial charge in [-0.3, -0.25) is 14.5 Å². The Morgan fingerprint density at radius 3 is 2.65 bits per heavy atom. The number of hydrogen-bond acceptors (Lipinski definition) is 4. The van der Waals surface area contributed by atoms with Gasteiger partial charge in [0.1, 0.15) is 0 Å². The molecule has 2 amide bonds. The van der Waals surface area contributed by atoms with E-state index in [1.54, 1.807) is 19.1 Å². The molecule has 5 rings (SSSR count). The fourth-order valence-corrected chi connectivity index (χ4v) is 5.27. The molecule has 0 aromatic heterocycles. The third-order valence-corrected chi connectivity index (χ3v) is 7.33. The van der Waals surface area contributed by atoms with Gasteiger partial charge in [0.15, 0.2) is 0 Å². The third kappa shape index (κ3) is 6.04. The lowest BCUT2D eigenvalue weighted by molar-refractivity contribution is -0.118. The highest BCUT2D eigenvalue weighted by Crippen LogP contribution is 2.31. The molecule has 1 saturated heterocycles. The van der Waals surface area contributed by atoms with Crippen LogP contribution in [0.2, 0.25) is 0 Å². The molecule has 2 heterocycles. The van der Waals surface area contributed by atoms with E-state index in [0.29, 0.717) is 17.7 Å². The fraction of sp³-hybridized carbons (Fsp3) is 0.333. The van der Waals surface area contributed by atoms with Gasteiger partial charge < -0.3 is 15.0 Å². The molecule has 3 aromatic rings. The van der Waals surface area contributed by atoms with Crippen LogP contribution in [0.3, 0.4) is 0 Å². The molecule has 1 atom stereocenters. The summed E-state index contributed by atoms with van der Waals surface area (Å²) in [6.07, 6.45) is 3.70. The van der Waals surface area contributed by atoms with E-state index < -0.39 is 0 Å². The molecular formula is C30H34ClN3O3. The van der Waals surface area contributed by atoms with Crippen LogP contribution in [-0.4, -0.2) is 50.1 Å². The maximum Gasteiger partial charge on any atom is 0.255 e. The molecule has 3 aromatic carbocycles. The molecule has 1 N–H and O–H groups in total. The summed E-state index contributed by atoms with van der Waals surface area (Å²) < 4.78 is 5.63. The fourth-order valence-electron chi connectivity index (χ4n) is 5.27. The van der Waals surface area contributed by atoms with Crippen LogP contribution in [0.4, 0.5) is 11.4 Å².